The quantitative estimate of drug-likeness (QED) is 0.785. The summed E-state index contributed by atoms with van der Waals surface area (Å²) in [5, 5.41) is 10.3. The van der Waals surface area contributed by atoms with Crippen LogP contribution in [0.2, 0.25) is 0 Å². The van der Waals surface area contributed by atoms with Crippen molar-refractivity contribution in [1.29, 1.82) is 0 Å². The topological polar surface area (TPSA) is 106 Å². The van der Waals surface area contributed by atoms with Crippen molar-refractivity contribution in [2.75, 3.05) is 13.1 Å². The number of aromatic nitrogens is 5. The third-order valence-corrected chi connectivity index (χ3v) is 5.42. The Morgan fingerprint density at radius 2 is 2.14 bits per heavy atom. The molecule has 0 fully saturated rings. The molecule has 0 radical (unpaired) electrons. The van der Waals surface area contributed by atoms with Crippen LogP contribution in [0.4, 0.5) is 0 Å². The highest BCUT2D eigenvalue weighted by molar-refractivity contribution is 7.89. The predicted octanol–water partition coefficient (Wildman–Crippen LogP) is -0.965. The summed E-state index contributed by atoms with van der Waals surface area (Å²) in [7, 11) is -3.59. The molecule has 0 aliphatic carbocycles. The fourth-order valence-corrected chi connectivity index (χ4v) is 3.75. The van der Waals surface area contributed by atoms with Gasteiger partial charge >= 0.3 is 5.69 Å². The number of fused-ring (bicyclic) bond motifs is 1. The molecule has 114 valence electrons. The molecule has 1 aliphatic rings. The van der Waals surface area contributed by atoms with E-state index in [9.17, 15) is 13.2 Å². The van der Waals surface area contributed by atoms with Gasteiger partial charge in [-0.2, -0.15) is 14.5 Å². The highest BCUT2D eigenvalue weighted by atomic mass is 32.2. The lowest BCUT2D eigenvalue weighted by Crippen LogP contribution is -2.34. The molecule has 10 heteroatoms. The van der Waals surface area contributed by atoms with Crippen molar-refractivity contribution in [2.45, 2.75) is 31.3 Å². The molecule has 0 amide bonds. The molecular weight excluding hydrogens is 296 g/mol. The van der Waals surface area contributed by atoms with Crippen LogP contribution in [0.25, 0.3) is 0 Å². The average molecular weight is 312 g/mol. The van der Waals surface area contributed by atoms with Crippen molar-refractivity contribution in [3.05, 3.63) is 28.7 Å². The molecule has 0 spiro atoms. The first-order chi connectivity index (χ1) is 10.0. The summed E-state index contributed by atoms with van der Waals surface area (Å²) in [5.74, 6) is 0.585. The van der Waals surface area contributed by atoms with Gasteiger partial charge in [-0.3, -0.25) is 9.25 Å². The zero-order valence-electron chi connectivity index (χ0n) is 11.6. The summed E-state index contributed by atoms with van der Waals surface area (Å²) >= 11 is 0. The van der Waals surface area contributed by atoms with Crippen LogP contribution in [0.3, 0.4) is 0 Å². The molecule has 2 aromatic rings. The fraction of sp³-hybridized carbons (Fsp3) is 0.545. The highest BCUT2D eigenvalue weighted by Gasteiger charge is 2.28. The Hall–Kier alpha value is -1.94. The Labute approximate surface area is 121 Å². The van der Waals surface area contributed by atoms with Gasteiger partial charge in [0.25, 0.3) is 0 Å². The molecule has 3 heterocycles. The number of hydrogen-bond donors (Lipinski definition) is 1. The van der Waals surface area contributed by atoms with Gasteiger partial charge in [0.05, 0.1) is 6.20 Å². The third kappa shape index (κ3) is 2.40. The van der Waals surface area contributed by atoms with Gasteiger partial charge in [0.15, 0.2) is 0 Å². The zero-order valence-corrected chi connectivity index (χ0v) is 12.4. The highest BCUT2D eigenvalue weighted by Crippen LogP contribution is 2.17. The van der Waals surface area contributed by atoms with E-state index in [1.165, 1.54) is 21.3 Å². The summed E-state index contributed by atoms with van der Waals surface area (Å²) in [6, 6.07) is 0. The van der Waals surface area contributed by atoms with Crippen molar-refractivity contribution < 1.29 is 8.42 Å². The van der Waals surface area contributed by atoms with Gasteiger partial charge in [0.1, 0.15) is 10.7 Å². The molecule has 0 aromatic carbocycles. The summed E-state index contributed by atoms with van der Waals surface area (Å²) < 4.78 is 29.6. The minimum atomic E-state index is -3.59. The van der Waals surface area contributed by atoms with E-state index >= 15 is 0 Å². The van der Waals surface area contributed by atoms with Crippen LogP contribution in [0, 0.1) is 0 Å². The van der Waals surface area contributed by atoms with Crippen molar-refractivity contribution in [2.24, 2.45) is 0 Å². The summed E-state index contributed by atoms with van der Waals surface area (Å²) in [6.45, 7) is 3.34. The van der Waals surface area contributed by atoms with E-state index < -0.39 is 10.0 Å². The normalized spacial score (nSPS) is 16.6. The van der Waals surface area contributed by atoms with Crippen LogP contribution in [-0.2, 0) is 29.5 Å². The standard InChI is InChI=1S/C11H16N6O3S/c1-2-15-8-9(7-12-15)21(19,20)16-4-3-10-13-14-11(18)17(10)6-5-16/h7-8H,2-6H2,1H3,(H,14,18). The van der Waals surface area contributed by atoms with Crippen LogP contribution in [0.15, 0.2) is 22.1 Å². The largest absolute Gasteiger partial charge is 0.343 e. The van der Waals surface area contributed by atoms with Gasteiger partial charge < -0.3 is 0 Å². The SMILES string of the molecule is CCn1cc(S(=O)(=O)N2CCc3n[nH]c(=O)n3CC2)cn1. The minimum absolute atomic E-state index is 0.179. The maximum Gasteiger partial charge on any atom is 0.343 e. The van der Waals surface area contributed by atoms with Crippen molar-refractivity contribution in [1.82, 2.24) is 28.9 Å². The number of nitrogens with zero attached hydrogens (tertiary/aromatic N) is 5. The second-order valence-electron chi connectivity index (χ2n) is 4.78. The van der Waals surface area contributed by atoms with E-state index in [0.29, 0.717) is 31.9 Å². The Kier molecular flexibility index (Phi) is 3.41. The van der Waals surface area contributed by atoms with E-state index in [4.69, 9.17) is 0 Å². The zero-order chi connectivity index (χ0) is 15.0. The Balaban J connectivity index is 1.86. The summed E-state index contributed by atoms with van der Waals surface area (Å²) in [6.07, 6.45) is 3.28. The van der Waals surface area contributed by atoms with Gasteiger partial charge in [-0.25, -0.2) is 18.3 Å². The molecule has 1 aliphatic heterocycles. The number of nitrogens with one attached hydrogen (secondary N) is 1. The molecule has 9 nitrogen and oxygen atoms in total. The molecule has 0 atom stereocenters. The molecule has 0 saturated heterocycles. The molecule has 1 N–H and O–H groups in total. The van der Waals surface area contributed by atoms with Crippen LogP contribution >= 0.6 is 0 Å². The lowest BCUT2D eigenvalue weighted by molar-refractivity contribution is 0.413. The van der Waals surface area contributed by atoms with Crippen molar-refractivity contribution in [3.63, 3.8) is 0 Å². The van der Waals surface area contributed by atoms with Crippen LogP contribution < -0.4 is 5.69 Å². The Morgan fingerprint density at radius 3 is 2.86 bits per heavy atom. The summed E-state index contributed by atoms with van der Waals surface area (Å²) in [5.41, 5.74) is -0.303. The van der Waals surface area contributed by atoms with Crippen LogP contribution in [0.1, 0.15) is 12.7 Å². The molecule has 0 saturated carbocycles. The second kappa shape index (κ2) is 5.11. The molecule has 0 unspecified atom stereocenters. The van der Waals surface area contributed by atoms with E-state index in [-0.39, 0.29) is 17.1 Å². The maximum absolute atomic E-state index is 12.6. The minimum Gasteiger partial charge on any atom is -0.278 e. The number of H-pyrrole nitrogens is 1. The number of aromatic amines is 1. The number of hydrogen-bond acceptors (Lipinski definition) is 5. The van der Waals surface area contributed by atoms with Gasteiger partial charge in [-0.05, 0) is 6.92 Å². The van der Waals surface area contributed by atoms with Crippen molar-refractivity contribution >= 4 is 10.0 Å². The van der Waals surface area contributed by atoms with E-state index in [1.807, 2.05) is 6.92 Å². The fourth-order valence-electron chi connectivity index (χ4n) is 2.36. The lowest BCUT2D eigenvalue weighted by atomic mass is 10.4. The monoisotopic (exact) mass is 312 g/mol. The third-order valence-electron chi connectivity index (χ3n) is 3.57. The second-order valence-corrected chi connectivity index (χ2v) is 6.72. The lowest BCUT2D eigenvalue weighted by Gasteiger charge is -2.18. The van der Waals surface area contributed by atoms with Crippen LogP contribution in [-0.4, -0.2) is 50.4 Å². The van der Waals surface area contributed by atoms with Gasteiger partial charge in [-0.1, -0.05) is 0 Å². The van der Waals surface area contributed by atoms with Gasteiger partial charge in [0, 0.05) is 38.8 Å². The molecule has 0 bridgehead atoms. The first-order valence-electron chi connectivity index (χ1n) is 6.69. The van der Waals surface area contributed by atoms with Crippen LogP contribution in [0.5, 0.6) is 0 Å². The number of aryl methyl sites for hydroxylation is 1. The summed E-state index contributed by atoms with van der Waals surface area (Å²) in [4.78, 5) is 11.7. The molecule has 3 rings (SSSR count). The smallest absolute Gasteiger partial charge is 0.278 e. The number of rotatable bonds is 3. The predicted molar refractivity (Wildman–Crippen MR) is 73.2 cm³/mol. The van der Waals surface area contributed by atoms with E-state index in [2.05, 4.69) is 15.3 Å². The number of sulfonamides is 1. The molecule has 2 aromatic heterocycles. The maximum atomic E-state index is 12.6. The van der Waals surface area contributed by atoms with Crippen molar-refractivity contribution in [3.8, 4) is 0 Å². The molecular formula is C11H16N6O3S. The first-order valence-corrected chi connectivity index (χ1v) is 8.13. The van der Waals surface area contributed by atoms with E-state index in [1.54, 1.807) is 4.68 Å². The average Bonchev–Trinajstić information content (AvgIpc) is 3.01. The molecule has 21 heavy (non-hydrogen) atoms. The van der Waals surface area contributed by atoms with Gasteiger partial charge in [0.2, 0.25) is 10.0 Å². The Morgan fingerprint density at radius 1 is 1.33 bits per heavy atom. The van der Waals surface area contributed by atoms with Gasteiger partial charge in [-0.15, -0.1) is 0 Å². The van der Waals surface area contributed by atoms with E-state index in [0.717, 1.165) is 0 Å². The Bertz CT molecular complexity index is 802. The first kappa shape index (κ1) is 14.0.